The van der Waals surface area contributed by atoms with E-state index in [1.54, 1.807) is 5.57 Å². The third-order valence-electron chi connectivity index (χ3n) is 14.6. The molecule has 11 atom stereocenters. The van der Waals surface area contributed by atoms with Crippen molar-refractivity contribution in [3.8, 4) is 5.75 Å². The maximum absolute atomic E-state index is 10.8. The highest BCUT2D eigenvalue weighted by Crippen LogP contribution is 2.65. The van der Waals surface area contributed by atoms with Gasteiger partial charge in [0.15, 0.2) is 0 Å². The molecular weight excluding hydrogens is 492 g/mol. The van der Waals surface area contributed by atoms with Crippen molar-refractivity contribution in [2.45, 2.75) is 122 Å². The summed E-state index contributed by atoms with van der Waals surface area (Å²) in [5.41, 5.74) is 5.17. The van der Waals surface area contributed by atoms with Crippen LogP contribution in [0.25, 0.3) is 0 Å². The van der Waals surface area contributed by atoms with Crippen molar-refractivity contribution >= 4 is 0 Å². The van der Waals surface area contributed by atoms with E-state index in [2.05, 4.69) is 39.0 Å². The van der Waals surface area contributed by atoms with Gasteiger partial charge in [0.2, 0.25) is 0 Å². The summed E-state index contributed by atoms with van der Waals surface area (Å²) in [6.45, 7) is 7.51. The largest absolute Gasteiger partial charge is 0.508 e. The van der Waals surface area contributed by atoms with Crippen molar-refractivity contribution < 1.29 is 14.9 Å². The number of phenolic OH excluding ortho intramolecular Hbond substituents is 1. The Labute approximate surface area is 241 Å². The first kappa shape index (κ1) is 25.9. The first-order valence-electron chi connectivity index (χ1n) is 16.8. The zero-order valence-electron chi connectivity index (χ0n) is 25.0. The summed E-state index contributed by atoms with van der Waals surface area (Å²) >= 11 is 0. The average molecular weight is 543 g/mol. The number of hydrogen-bond acceptors (Lipinski definition) is 3. The second kappa shape index (κ2) is 8.88. The smallest absolute Gasteiger partial charge is 0.115 e. The lowest BCUT2D eigenvalue weighted by molar-refractivity contribution is -0.0672. The highest BCUT2D eigenvalue weighted by Gasteiger charge is 2.59. The van der Waals surface area contributed by atoms with Gasteiger partial charge in [0.25, 0.3) is 0 Å². The highest BCUT2D eigenvalue weighted by molar-refractivity contribution is 5.40. The lowest BCUT2D eigenvalue weighted by Gasteiger charge is -2.56. The van der Waals surface area contributed by atoms with Crippen LogP contribution >= 0.6 is 0 Å². The fourth-order valence-electron chi connectivity index (χ4n) is 12.3. The first-order valence-corrected chi connectivity index (χ1v) is 16.8. The summed E-state index contributed by atoms with van der Waals surface area (Å²) in [6.07, 6.45) is 20.9. The molecule has 0 bridgehead atoms. The zero-order chi connectivity index (χ0) is 27.4. The van der Waals surface area contributed by atoms with Crippen LogP contribution in [0.1, 0.15) is 115 Å². The summed E-state index contributed by atoms with van der Waals surface area (Å²) < 4.78 is 7.07. The Morgan fingerprint density at radius 1 is 0.800 bits per heavy atom. The molecule has 3 nitrogen and oxygen atoms in total. The van der Waals surface area contributed by atoms with Gasteiger partial charge in [-0.15, -0.1) is 0 Å². The molecular formula is C37H50O3. The molecule has 3 heteroatoms. The second-order valence-electron chi connectivity index (χ2n) is 16.0. The number of aliphatic hydroxyl groups is 1. The fraction of sp³-hybridized carbons (Fsp3) is 0.730. The summed E-state index contributed by atoms with van der Waals surface area (Å²) in [6, 6.07) is 6.15. The molecule has 0 spiro atoms. The van der Waals surface area contributed by atoms with E-state index in [1.807, 2.05) is 12.1 Å². The lowest BCUT2D eigenvalue weighted by Crippen LogP contribution is -2.50. The number of hydrogen-bond donors (Lipinski definition) is 2. The molecule has 0 saturated heterocycles. The quantitative estimate of drug-likeness (QED) is 0.394. The highest BCUT2D eigenvalue weighted by atomic mass is 16.5. The molecule has 4 fully saturated rings. The third-order valence-corrected chi connectivity index (χ3v) is 14.6. The lowest BCUT2D eigenvalue weighted by atomic mass is 9.48. The van der Waals surface area contributed by atoms with Crippen LogP contribution in [0.3, 0.4) is 0 Å². The Kier molecular flexibility index (Phi) is 5.76. The first-order chi connectivity index (χ1) is 19.2. The molecule has 7 aliphatic carbocycles. The van der Waals surface area contributed by atoms with Gasteiger partial charge in [-0.3, -0.25) is 0 Å². The predicted octanol–water partition coefficient (Wildman–Crippen LogP) is 8.45. The molecule has 0 heterocycles. The maximum atomic E-state index is 10.8. The van der Waals surface area contributed by atoms with Gasteiger partial charge in [-0.1, -0.05) is 32.9 Å². The molecule has 1 aromatic carbocycles. The summed E-state index contributed by atoms with van der Waals surface area (Å²) in [5, 5.41) is 20.8. The number of ether oxygens (including phenoxy) is 1. The summed E-state index contributed by atoms with van der Waals surface area (Å²) in [5.74, 6) is 6.06. The number of fused-ring (bicyclic) bond motifs is 10. The molecule has 7 aliphatic rings. The van der Waals surface area contributed by atoms with Crippen molar-refractivity contribution in [1.29, 1.82) is 0 Å². The molecule has 40 heavy (non-hydrogen) atoms. The molecule has 2 N–H and O–H groups in total. The molecule has 216 valence electrons. The topological polar surface area (TPSA) is 49.7 Å². The van der Waals surface area contributed by atoms with Crippen LogP contribution in [-0.4, -0.2) is 22.4 Å². The van der Waals surface area contributed by atoms with Crippen molar-refractivity contribution in [3.63, 3.8) is 0 Å². The van der Waals surface area contributed by atoms with Gasteiger partial charge < -0.3 is 14.9 Å². The Hall–Kier alpha value is -1.74. The van der Waals surface area contributed by atoms with E-state index >= 15 is 0 Å². The minimum Gasteiger partial charge on any atom is -0.508 e. The SMILES string of the molecule is C[C@]12CC[C@@H]3c4ccc(O)cc4CC[C@H]3[C@@H]1CC[C@@H]2OC1=CC2=CC[C@H]3[C@@H]4CC[C@H](O)[C@@]4(C)CC[C@@H]3[C@@]2(C)CC1. The van der Waals surface area contributed by atoms with Crippen LogP contribution in [0, 0.1) is 45.8 Å². The van der Waals surface area contributed by atoms with E-state index in [4.69, 9.17) is 4.74 Å². The van der Waals surface area contributed by atoms with Gasteiger partial charge >= 0.3 is 0 Å². The summed E-state index contributed by atoms with van der Waals surface area (Å²) in [4.78, 5) is 0. The van der Waals surface area contributed by atoms with Crippen LogP contribution in [0.2, 0.25) is 0 Å². The van der Waals surface area contributed by atoms with Crippen LogP contribution in [0.4, 0.5) is 0 Å². The van der Waals surface area contributed by atoms with E-state index < -0.39 is 0 Å². The Balaban J connectivity index is 1.01. The van der Waals surface area contributed by atoms with Gasteiger partial charge in [0.1, 0.15) is 11.9 Å². The van der Waals surface area contributed by atoms with Gasteiger partial charge in [0, 0.05) is 11.8 Å². The number of aryl methyl sites for hydroxylation is 1. The molecule has 0 aliphatic heterocycles. The van der Waals surface area contributed by atoms with Gasteiger partial charge in [-0.25, -0.2) is 0 Å². The molecule has 8 rings (SSSR count). The number of allylic oxidation sites excluding steroid dienone is 4. The number of aliphatic hydroxyl groups excluding tert-OH is 1. The second-order valence-corrected chi connectivity index (χ2v) is 16.0. The number of aromatic hydroxyl groups is 1. The Morgan fingerprint density at radius 3 is 2.48 bits per heavy atom. The third kappa shape index (κ3) is 3.51. The van der Waals surface area contributed by atoms with E-state index in [-0.39, 0.29) is 22.3 Å². The standard InChI is InChI=1S/C37H50O3/c1-35-17-14-25(21-23(35)5-8-29-31-10-12-33(39)36(31,2)19-16-32(29)35)40-34-13-11-30-28-7-4-22-20-24(38)6-9-26(22)27(28)15-18-37(30,34)3/h5-6,9,20-21,27-34,38-39H,4,7-8,10-19H2,1-3H3/t27-,28-,29+,30+,31+,32+,33+,34+,35+,36+,37+/m1/s1. The van der Waals surface area contributed by atoms with Crippen LogP contribution in [0.5, 0.6) is 5.75 Å². The maximum Gasteiger partial charge on any atom is 0.115 e. The number of phenols is 1. The predicted molar refractivity (Wildman–Crippen MR) is 159 cm³/mol. The Morgan fingerprint density at radius 2 is 1.60 bits per heavy atom. The zero-order valence-corrected chi connectivity index (χ0v) is 25.0. The van der Waals surface area contributed by atoms with E-state index in [0.717, 1.165) is 42.9 Å². The van der Waals surface area contributed by atoms with Crippen molar-refractivity contribution in [2.24, 2.45) is 45.8 Å². The van der Waals surface area contributed by atoms with Gasteiger partial charge in [0.05, 0.1) is 11.9 Å². The molecule has 0 amide bonds. The molecule has 0 aromatic heterocycles. The van der Waals surface area contributed by atoms with Crippen LogP contribution in [0.15, 0.2) is 41.7 Å². The average Bonchev–Trinajstić information content (AvgIpc) is 3.44. The van der Waals surface area contributed by atoms with Crippen LogP contribution in [-0.2, 0) is 11.2 Å². The normalized spacial score (nSPS) is 48.9. The fourth-order valence-corrected chi connectivity index (χ4v) is 12.3. The molecule has 0 unspecified atom stereocenters. The van der Waals surface area contributed by atoms with Crippen molar-refractivity contribution in [3.05, 3.63) is 52.8 Å². The molecule has 0 radical (unpaired) electrons. The minimum absolute atomic E-state index is 0.0914. The molecule has 1 aromatic rings. The molecule has 4 saturated carbocycles. The van der Waals surface area contributed by atoms with Crippen molar-refractivity contribution in [1.82, 2.24) is 0 Å². The Bertz CT molecular complexity index is 1260. The van der Waals surface area contributed by atoms with Crippen molar-refractivity contribution in [2.75, 3.05) is 0 Å². The summed E-state index contributed by atoms with van der Waals surface area (Å²) in [7, 11) is 0. The number of rotatable bonds is 2. The van der Waals surface area contributed by atoms with E-state index in [9.17, 15) is 10.2 Å². The van der Waals surface area contributed by atoms with E-state index in [0.29, 0.717) is 23.7 Å². The number of benzene rings is 1. The van der Waals surface area contributed by atoms with E-state index in [1.165, 1.54) is 81.1 Å². The van der Waals surface area contributed by atoms with Gasteiger partial charge in [-0.2, -0.15) is 0 Å². The minimum atomic E-state index is -0.0914. The van der Waals surface area contributed by atoms with Gasteiger partial charge in [-0.05, 0) is 158 Å². The van der Waals surface area contributed by atoms with Crippen LogP contribution < -0.4 is 0 Å². The monoisotopic (exact) mass is 542 g/mol.